The van der Waals surface area contributed by atoms with Crippen molar-refractivity contribution in [3.63, 3.8) is 0 Å². The van der Waals surface area contributed by atoms with Gasteiger partial charge in [-0.1, -0.05) is 32.9 Å². The van der Waals surface area contributed by atoms with Gasteiger partial charge in [0.25, 0.3) is 0 Å². The Labute approximate surface area is 163 Å². The van der Waals surface area contributed by atoms with E-state index in [0.717, 1.165) is 11.4 Å². The molecule has 0 saturated carbocycles. The van der Waals surface area contributed by atoms with E-state index >= 15 is 0 Å². The summed E-state index contributed by atoms with van der Waals surface area (Å²) in [5, 5.41) is 10.1. The number of ether oxygens (including phenoxy) is 1. The van der Waals surface area contributed by atoms with Gasteiger partial charge in [0.1, 0.15) is 17.4 Å². The third kappa shape index (κ3) is 4.49. The third-order valence-electron chi connectivity index (χ3n) is 4.10. The lowest BCUT2D eigenvalue weighted by Crippen LogP contribution is -2.21. The molecule has 6 nitrogen and oxygen atoms in total. The summed E-state index contributed by atoms with van der Waals surface area (Å²) in [5.74, 6) is 0.752. The van der Waals surface area contributed by atoms with Crippen LogP contribution in [-0.4, -0.2) is 22.9 Å². The van der Waals surface area contributed by atoms with Crippen molar-refractivity contribution in [1.82, 2.24) is 9.78 Å². The van der Waals surface area contributed by atoms with Crippen molar-refractivity contribution >= 4 is 17.5 Å². The number of methoxy groups -OCH3 is 1. The second-order valence-corrected chi connectivity index (χ2v) is 7.37. The van der Waals surface area contributed by atoms with Gasteiger partial charge in [0.2, 0.25) is 0 Å². The minimum Gasteiger partial charge on any atom is -0.497 e. The molecule has 1 heterocycles. The zero-order valence-electron chi connectivity index (χ0n) is 16.3. The van der Waals surface area contributed by atoms with Gasteiger partial charge in [-0.15, -0.1) is 0 Å². The smallest absolute Gasteiger partial charge is 0.324 e. The average Bonchev–Trinajstić information content (AvgIpc) is 3.06. The molecule has 0 unspecified atom stereocenters. The molecule has 2 aromatic carbocycles. The Hall–Kier alpha value is -3.35. The highest BCUT2D eigenvalue weighted by molar-refractivity contribution is 5.99. The van der Waals surface area contributed by atoms with E-state index in [2.05, 4.69) is 15.7 Å². The van der Waals surface area contributed by atoms with E-state index < -0.39 is 11.8 Å². The van der Waals surface area contributed by atoms with E-state index in [-0.39, 0.29) is 5.41 Å². The molecule has 3 aromatic rings. The number of rotatable bonds is 4. The molecule has 3 rings (SSSR count). The third-order valence-corrected chi connectivity index (χ3v) is 4.10. The first-order valence-electron chi connectivity index (χ1n) is 8.85. The van der Waals surface area contributed by atoms with Crippen molar-refractivity contribution in [3.05, 3.63) is 66.1 Å². The van der Waals surface area contributed by atoms with Crippen LogP contribution < -0.4 is 15.4 Å². The number of anilines is 2. The lowest BCUT2D eigenvalue weighted by Gasteiger charge is -2.14. The number of benzene rings is 2. The van der Waals surface area contributed by atoms with Crippen LogP contribution in [0.3, 0.4) is 0 Å². The van der Waals surface area contributed by atoms with Crippen LogP contribution in [0.5, 0.6) is 5.75 Å². The van der Waals surface area contributed by atoms with Crippen LogP contribution >= 0.6 is 0 Å². The largest absolute Gasteiger partial charge is 0.497 e. The lowest BCUT2D eigenvalue weighted by molar-refractivity contribution is 0.262. The fraction of sp³-hybridized carbons (Fsp3) is 0.238. The van der Waals surface area contributed by atoms with Crippen molar-refractivity contribution in [2.45, 2.75) is 26.2 Å². The van der Waals surface area contributed by atoms with E-state index in [1.165, 1.54) is 18.2 Å². The van der Waals surface area contributed by atoms with Gasteiger partial charge in [-0.3, -0.25) is 5.32 Å². The van der Waals surface area contributed by atoms with Crippen LogP contribution in [-0.2, 0) is 5.41 Å². The standard InChI is InChI=1S/C21H23FN4O2/c1-21(2,3)18-13-19(24-20(27)23-15-8-5-7-14(22)11-15)26(25-18)16-9-6-10-17(12-16)28-4/h5-13H,1-4H3,(H2,23,24,27). The van der Waals surface area contributed by atoms with Gasteiger partial charge >= 0.3 is 6.03 Å². The Bertz CT molecular complexity index is 992. The molecule has 0 atom stereocenters. The number of nitrogens with zero attached hydrogens (tertiary/aromatic N) is 2. The maximum atomic E-state index is 13.3. The van der Waals surface area contributed by atoms with Gasteiger partial charge in [-0.05, 0) is 30.3 Å². The molecule has 146 valence electrons. The van der Waals surface area contributed by atoms with E-state index in [1.54, 1.807) is 17.9 Å². The highest BCUT2D eigenvalue weighted by Gasteiger charge is 2.21. The van der Waals surface area contributed by atoms with Gasteiger partial charge in [-0.25, -0.2) is 13.9 Å². The molecule has 28 heavy (non-hydrogen) atoms. The topological polar surface area (TPSA) is 68.2 Å². The second kappa shape index (κ2) is 7.72. The van der Waals surface area contributed by atoms with Gasteiger partial charge in [0.05, 0.1) is 18.5 Å². The van der Waals surface area contributed by atoms with E-state index in [4.69, 9.17) is 4.74 Å². The summed E-state index contributed by atoms with van der Waals surface area (Å²) in [5.41, 5.74) is 1.72. The predicted molar refractivity (Wildman–Crippen MR) is 108 cm³/mol. The second-order valence-electron chi connectivity index (χ2n) is 7.37. The van der Waals surface area contributed by atoms with Crippen LogP contribution in [0.4, 0.5) is 20.7 Å². The van der Waals surface area contributed by atoms with E-state index in [1.807, 2.05) is 51.1 Å². The van der Waals surface area contributed by atoms with Gasteiger partial charge < -0.3 is 10.1 Å². The van der Waals surface area contributed by atoms with Crippen molar-refractivity contribution in [1.29, 1.82) is 0 Å². The highest BCUT2D eigenvalue weighted by atomic mass is 19.1. The fourth-order valence-corrected chi connectivity index (χ4v) is 2.62. The number of halogens is 1. The summed E-state index contributed by atoms with van der Waals surface area (Å²) in [7, 11) is 1.59. The first kappa shape index (κ1) is 19.4. The van der Waals surface area contributed by atoms with Gasteiger partial charge in [0.15, 0.2) is 0 Å². The summed E-state index contributed by atoms with van der Waals surface area (Å²) < 4.78 is 20.3. The molecule has 0 aliphatic carbocycles. The highest BCUT2D eigenvalue weighted by Crippen LogP contribution is 2.27. The van der Waals surface area contributed by atoms with Crippen LogP contribution in [0.25, 0.3) is 5.69 Å². The first-order valence-corrected chi connectivity index (χ1v) is 8.85. The molecule has 2 amide bonds. The molecule has 0 bridgehead atoms. The summed E-state index contributed by atoms with van der Waals surface area (Å²) in [6.07, 6.45) is 0. The molecular weight excluding hydrogens is 359 g/mol. The average molecular weight is 382 g/mol. The molecule has 7 heteroatoms. The molecule has 1 aromatic heterocycles. The zero-order valence-corrected chi connectivity index (χ0v) is 16.3. The SMILES string of the molecule is COc1cccc(-n2nc(C(C)(C)C)cc2NC(=O)Nc2cccc(F)c2)c1. The lowest BCUT2D eigenvalue weighted by atomic mass is 9.92. The first-order chi connectivity index (χ1) is 13.3. The summed E-state index contributed by atoms with van der Waals surface area (Å²) >= 11 is 0. The minimum atomic E-state index is -0.491. The van der Waals surface area contributed by atoms with Crippen molar-refractivity contribution in [2.75, 3.05) is 17.7 Å². The molecule has 2 N–H and O–H groups in total. The normalized spacial score (nSPS) is 11.2. The number of amides is 2. The number of hydrogen-bond donors (Lipinski definition) is 2. The maximum Gasteiger partial charge on any atom is 0.324 e. The van der Waals surface area contributed by atoms with E-state index in [0.29, 0.717) is 17.3 Å². The Balaban J connectivity index is 1.92. The Morgan fingerprint density at radius 2 is 1.82 bits per heavy atom. The molecule has 0 saturated heterocycles. The van der Waals surface area contributed by atoms with Crippen molar-refractivity contribution in [2.24, 2.45) is 0 Å². The van der Waals surface area contributed by atoms with Crippen molar-refractivity contribution < 1.29 is 13.9 Å². The number of hydrogen-bond acceptors (Lipinski definition) is 3. The van der Waals surface area contributed by atoms with Gasteiger partial charge in [-0.2, -0.15) is 5.10 Å². The van der Waals surface area contributed by atoms with Crippen LogP contribution in [0.1, 0.15) is 26.5 Å². The number of carbonyl (C=O) groups excluding carboxylic acids is 1. The van der Waals surface area contributed by atoms with E-state index in [9.17, 15) is 9.18 Å². The minimum absolute atomic E-state index is 0.209. The Morgan fingerprint density at radius 1 is 1.07 bits per heavy atom. The molecular formula is C21H23FN4O2. The Morgan fingerprint density at radius 3 is 2.50 bits per heavy atom. The van der Waals surface area contributed by atoms with Crippen LogP contribution in [0.15, 0.2) is 54.6 Å². The van der Waals surface area contributed by atoms with Crippen LogP contribution in [0, 0.1) is 5.82 Å². The predicted octanol–water partition coefficient (Wildman–Crippen LogP) is 4.96. The summed E-state index contributed by atoms with van der Waals surface area (Å²) in [6, 6.07) is 14.4. The number of nitrogens with one attached hydrogen (secondary N) is 2. The quantitative estimate of drug-likeness (QED) is 0.670. The van der Waals surface area contributed by atoms with Crippen LogP contribution in [0.2, 0.25) is 0 Å². The molecule has 0 radical (unpaired) electrons. The maximum absolute atomic E-state index is 13.3. The zero-order chi connectivity index (χ0) is 20.3. The number of aromatic nitrogens is 2. The number of carbonyl (C=O) groups is 1. The molecule has 0 aliphatic heterocycles. The van der Waals surface area contributed by atoms with Gasteiger partial charge in [0, 0.05) is 23.2 Å². The molecule has 0 aliphatic rings. The molecule has 0 fully saturated rings. The summed E-state index contributed by atoms with van der Waals surface area (Å²) in [4.78, 5) is 12.4. The monoisotopic (exact) mass is 382 g/mol. The molecule has 0 spiro atoms. The Kier molecular flexibility index (Phi) is 5.35. The summed E-state index contributed by atoms with van der Waals surface area (Å²) in [6.45, 7) is 6.13. The van der Waals surface area contributed by atoms with Crippen molar-refractivity contribution in [3.8, 4) is 11.4 Å². The number of urea groups is 1. The fourth-order valence-electron chi connectivity index (χ4n) is 2.62.